The molecule has 0 saturated carbocycles. The van der Waals surface area contributed by atoms with Crippen LogP contribution in [0.4, 0.5) is 29.5 Å². The van der Waals surface area contributed by atoms with Gasteiger partial charge in [0.25, 0.3) is 5.91 Å². The van der Waals surface area contributed by atoms with E-state index in [1.807, 2.05) is 13.8 Å². The lowest BCUT2D eigenvalue weighted by Gasteiger charge is -2.28. The largest absolute Gasteiger partial charge is 0.366 e. The van der Waals surface area contributed by atoms with Crippen LogP contribution >= 0.6 is 0 Å². The van der Waals surface area contributed by atoms with Gasteiger partial charge in [-0.1, -0.05) is 0 Å². The molecule has 0 spiro atoms. The summed E-state index contributed by atoms with van der Waals surface area (Å²) in [5, 5.41) is 13.3. The second kappa shape index (κ2) is 17.4. The van der Waals surface area contributed by atoms with Gasteiger partial charge in [-0.3, -0.25) is 33.9 Å². The molecular weight excluding hydrogens is 740 g/mol. The molecule has 0 bridgehead atoms. The predicted octanol–water partition coefficient (Wildman–Crippen LogP) is 4.69. The van der Waals surface area contributed by atoms with Crippen LogP contribution in [-0.2, 0) is 26.2 Å². The highest BCUT2D eigenvalue weighted by Crippen LogP contribution is 2.40. The van der Waals surface area contributed by atoms with Gasteiger partial charge >= 0.3 is 11.8 Å². The fourth-order valence-corrected chi connectivity index (χ4v) is 5.79. The van der Waals surface area contributed by atoms with Crippen molar-refractivity contribution in [2.45, 2.75) is 65.7 Å². The van der Waals surface area contributed by atoms with E-state index in [1.54, 1.807) is 24.6 Å². The number of carbonyl (C=O) groups excluding carboxylic acids is 4. The molecule has 0 radical (unpaired) electrons. The number of nitrogens with two attached hydrogens (primary N) is 2. The van der Waals surface area contributed by atoms with Gasteiger partial charge in [0.2, 0.25) is 17.8 Å². The average molecular weight is 783 g/mol. The van der Waals surface area contributed by atoms with Crippen molar-refractivity contribution < 1.29 is 36.7 Å². The molecule has 6 N–H and O–H groups in total. The minimum Gasteiger partial charge on any atom is -0.366 e. The number of hydrogen-bond donors (Lipinski definition) is 4. The van der Waals surface area contributed by atoms with E-state index in [0.29, 0.717) is 24.2 Å². The molecule has 6 rings (SSSR count). The van der Waals surface area contributed by atoms with Crippen LogP contribution in [0.1, 0.15) is 66.9 Å². The van der Waals surface area contributed by atoms with Gasteiger partial charge in [0.05, 0.1) is 46.5 Å². The minimum atomic E-state index is -4.70. The monoisotopic (exact) mass is 782 g/mol. The van der Waals surface area contributed by atoms with Crippen LogP contribution < -0.4 is 22.1 Å². The number of aromatic nitrogens is 8. The molecule has 0 saturated heterocycles. The van der Waals surface area contributed by atoms with E-state index < -0.39 is 42.7 Å². The molecule has 20 heteroatoms. The number of carbonyl (C=O) groups is 4. The molecule has 0 fully saturated rings. The van der Waals surface area contributed by atoms with E-state index in [-0.39, 0.29) is 44.8 Å². The number of nitrogens with zero attached hydrogens (tertiary/aromatic N) is 8. The smallest absolute Gasteiger partial charge is 0.329 e. The van der Waals surface area contributed by atoms with E-state index in [0.717, 1.165) is 27.7 Å². The molecule has 6 aromatic rings. The quantitative estimate of drug-likeness (QED) is 0.0937. The van der Waals surface area contributed by atoms with Crippen LogP contribution in [0, 0.1) is 13.8 Å². The normalized spacial score (nSPS) is 11.4. The summed E-state index contributed by atoms with van der Waals surface area (Å²) >= 11 is 0. The van der Waals surface area contributed by atoms with Crippen LogP contribution in [0.2, 0.25) is 0 Å². The second-order valence-electron chi connectivity index (χ2n) is 12.2. The van der Waals surface area contributed by atoms with Gasteiger partial charge < -0.3 is 25.9 Å². The zero-order valence-electron chi connectivity index (χ0n) is 31.5. The Bertz CT molecular complexity index is 2380. The first-order valence-corrected chi connectivity index (χ1v) is 17.2. The first kappa shape index (κ1) is 42.3. The molecule has 0 atom stereocenters. The van der Waals surface area contributed by atoms with Gasteiger partial charge in [-0.25, -0.2) is 9.97 Å². The Labute approximate surface area is 317 Å². The van der Waals surface area contributed by atoms with E-state index in [9.17, 15) is 19.2 Å². The third kappa shape index (κ3) is 8.75. The van der Waals surface area contributed by atoms with Gasteiger partial charge in [0, 0.05) is 31.3 Å². The van der Waals surface area contributed by atoms with Gasteiger partial charge in [-0.15, -0.1) is 0 Å². The summed E-state index contributed by atoms with van der Waals surface area (Å²) in [5.41, 5.74) is 12.4. The molecule has 2 aromatic carbocycles. The number of imidazole rings is 2. The molecule has 4 aromatic heterocycles. The topological polar surface area (TPSA) is 216 Å². The predicted molar refractivity (Wildman–Crippen MR) is 202 cm³/mol. The molecular formula is C36H42F4N12O4. The Kier molecular flexibility index (Phi) is 13.1. The number of rotatable bonds is 13. The van der Waals surface area contributed by atoms with Crippen molar-refractivity contribution in [3.05, 3.63) is 82.4 Å². The maximum Gasteiger partial charge on any atom is 0.329 e. The fraction of sp³-hybridized carbons (Fsp3) is 0.333. The summed E-state index contributed by atoms with van der Waals surface area (Å²) in [6.07, 6.45) is 1.37. The summed E-state index contributed by atoms with van der Waals surface area (Å²) < 4.78 is 67.3. The first-order valence-electron chi connectivity index (χ1n) is 17.2. The summed E-state index contributed by atoms with van der Waals surface area (Å²) in [4.78, 5) is 54.7. The number of alkyl halides is 4. The third-order valence-corrected chi connectivity index (χ3v) is 8.43. The van der Waals surface area contributed by atoms with E-state index in [1.165, 1.54) is 61.2 Å². The Morgan fingerprint density at radius 3 is 1.84 bits per heavy atom. The molecule has 0 aliphatic carbocycles. The Balaban J connectivity index is 0.000000500. The van der Waals surface area contributed by atoms with Crippen LogP contribution in [-0.4, -0.2) is 89.0 Å². The molecule has 4 heterocycles. The summed E-state index contributed by atoms with van der Waals surface area (Å²) in [5.74, 6) is -11.5. The minimum absolute atomic E-state index is 0.00104. The van der Waals surface area contributed by atoms with Crippen molar-refractivity contribution in [3.8, 4) is 0 Å². The number of aryl methyl sites for hydroxylation is 4. The Morgan fingerprint density at radius 2 is 1.30 bits per heavy atom. The number of anilines is 2. The first-order chi connectivity index (χ1) is 26.6. The van der Waals surface area contributed by atoms with Crippen molar-refractivity contribution in [1.29, 1.82) is 0 Å². The van der Waals surface area contributed by atoms with Crippen molar-refractivity contribution in [2.24, 2.45) is 11.5 Å². The molecule has 0 aliphatic rings. The Morgan fingerprint density at radius 1 is 0.768 bits per heavy atom. The number of halogens is 4. The SMILES string of the molecule is CCn1nc(C)cc1C(=O)Nc1nc2cc(C(N)=O)ccc2n1CC(F)(F)C(F)(F)Cn1c(NC)nc2cc(C=O)ccc21.CCn1nc(C)cc1C=O.CN. The van der Waals surface area contributed by atoms with Gasteiger partial charge in [-0.2, -0.15) is 27.8 Å². The lowest BCUT2D eigenvalue weighted by Crippen LogP contribution is -2.47. The zero-order chi connectivity index (χ0) is 41.5. The second-order valence-corrected chi connectivity index (χ2v) is 12.2. The average Bonchev–Trinajstić information content (AvgIpc) is 3.94. The number of aldehydes is 2. The number of amides is 2. The number of fused-ring (bicyclic) bond motifs is 2. The van der Waals surface area contributed by atoms with Crippen molar-refractivity contribution in [1.82, 2.24) is 38.7 Å². The Hall–Kier alpha value is -6.44. The third-order valence-electron chi connectivity index (χ3n) is 8.43. The van der Waals surface area contributed by atoms with E-state index in [4.69, 9.17) is 5.73 Å². The van der Waals surface area contributed by atoms with Crippen LogP contribution in [0.3, 0.4) is 0 Å². The molecule has 2 amide bonds. The highest BCUT2D eigenvalue weighted by molar-refractivity contribution is 6.03. The van der Waals surface area contributed by atoms with Crippen molar-refractivity contribution in [3.63, 3.8) is 0 Å². The number of hydrogen-bond acceptors (Lipinski definition) is 10. The zero-order valence-corrected chi connectivity index (χ0v) is 31.5. The maximum absolute atomic E-state index is 15.7. The van der Waals surface area contributed by atoms with Crippen LogP contribution in [0.25, 0.3) is 22.1 Å². The van der Waals surface area contributed by atoms with Crippen LogP contribution in [0.15, 0.2) is 48.5 Å². The summed E-state index contributed by atoms with van der Waals surface area (Å²) in [6.45, 7) is 5.26. The van der Waals surface area contributed by atoms with Gasteiger partial charge in [-0.05, 0) is 83.3 Å². The molecule has 16 nitrogen and oxygen atoms in total. The summed E-state index contributed by atoms with van der Waals surface area (Å²) in [6, 6.07) is 11.0. The highest BCUT2D eigenvalue weighted by Gasteiger charge is 2.57. The molecule has 0 aliphatic heterocycles. The number of nitrogens with one attached hydrogen (secondary N) is 2. The molecule has 0 unspecified atom stereocenters. The molecule has 56 heavy (non-hydrogen) atoms. The molecule has 298 valence electrons. The maximum atomic E-state index is 15.7. The highest BCUT2D eigenvalue weighted by atomic mass is 19.3. The van der Waals surface area contributed by atoms with Crippen molar-refractivity contribution >= 4 is 58.4 Å². The van der Waals surface area contributed by atoms with Crippen LogP contribution in [0.5, 0.6) is 0 Å². The summed E-state index contributed by atoms with van der Waals surface area (Å²) in [7, 11) is 2.90. The standard InChI is InChI=1S/C28H27F4N9O3.C7H10N2O.CH5N/c1-4-41-22(9-15(2)38-41)24(44)37-26-36-19-11-17(23(33)43)6-8-21(19)40(26)14-28(31,32)27(29,30)13-39-20-7-5-16(12-42)10-18(20)35-25(39)34-3;1-3-9-7(5-10)4-6(2)8-9;1-2/h5-12H,4,13-14H2,1-3H3,(H2,33,43)(H,34,35)(H,36,37,44);4-5H,3H2,1-2H3;2H2,1H3. The van der Waals surface area contributed by atoms with Gasteiger partial charge in [0.15, 0.2) is 6.29 Å². The fourth-order valence-electron chi connectivity index (χ4n) is 5.79. The lowest BCUT2D eigenvalue weighted by atomic mass is 10.1. The van der Waals surface area contributed by atoms with E-state index >= 15 is 17.6 Å². The van der Waals surface area contributed by atoms with Crippen molar-refractivity contribution in [2.75, 3.05) is 24.7 Å². The lowest BCUT2D eigenvalue weighted by molar-refractivity contribution is -0.220. The van der Waals surface area contributed by atoms with E-state index in [2.05, 4.69) is 36.5 Å². The van der Waals surface area contributed by atoms with Gasteiger partial charge in [0.1, 0.15) is 17.7 Å². The number of primary amides is 1. The number of benzene rings is 2.